The van der Waals surface area contributed by atoms with Gasteiger partial charge >= 0.3 is 7.12 Å². The van der Waals surface area contributed by atoms with E-state index in [1.165, 1.54) is 0 Å². The van der Waals surface area contributed by atoms with Crippen molar-refractivity contribution in [1.82, 2.24) is 9.97 Å². The molecular formula is C18H23BN2O5. The van der Waals surface area contributed by atoms with Crippen molar-refractivity contribution >= 4 is 7.12 Å². The molecule has 0 saturated carbocycles. The molecule has 1 aromatic carbocycles. The molecule has 0 spiro atoms. The van der Waals surface area contributed by atoms with Crippen LogP contribution in [0, 0.1) is 0 Å². The molecule has 7 nitrogen and oxygen atoms in total. The van der Waals surface area contributed by atoms with Gasteiger partial charge in [0.2, 0.25) is 5.88 Å². The topological polar surface area (TPSA) is 82.9 Å². The van der Waals surface area contributed by atoms with E-state index < -0.39 is 7.12 Å². The summed E-state index contributed by atoms with van der Waals surface area (Å²) < 4.78 is 21.9. The molecule has 0 amide bonds. The molecule has 1 aromatic heterocycles. The van der Waals surface area contributed by atoms with Crippen molar-refractivity contribution in [3.05, 3.63) is 30.0 Å². The zero-order valence-corrected chi connectivity index (χ0v) is 15.3. The predicted octanol–water partition coefficient (Wildman–Crippen LogP) is 2.54. The maximum Gasteiger partial charge on any atom is 0.454 e. The molecule has 1 N–H and O–H groups in total. The minimum Gasteiger partial charge on any atom is -0.493 e. The van der Waals surface area contributed by atoms with Crippen LogP contribution in [-0.4, -0.2) is 49.0 Å². The Balaban J connectivity index is 2.00. The molecule has 1 aliphatic heterocycles. The Morgan fingerprint density at radius 1 is 1.15 bits per heavy atom. The Morgan fingerprint density at radius 3 is 2.62 bits per heavy atom. The van der Waals surface area contributed by atoms with Crippen LogP contribution in [0.1, 0.15) is 25.5 Å². The van der Waals surface area contributed by atoms with Gasteiger partial charge in [0.05, 0.1) is 26.0 Å². The van der Waals surface area contributed by atoms with Gasteiger partial charge in [0.25, 0.3) is 0 Å². The van der Waals surface area contributed by atoms with Crippen LogP contribution in [0.25, 0.3) is 11.4 Å². The molecular weight excluding hydrogens is 335 g/mol. The average Bonchev–Trinajstić information content (AvgIpc) is 3.08. The lowest BCUT2D eigenvalue weighted by Crippen LogP contribution is -2.08. The summed E-state index contributed by atoms with van der Waals surface area (Å²) in [4.78, 5) is 9.19. The van der Waals surface area contributed by atoms with E-state index in [-0.39, 0.29) is 5.92 Å². The molecule has 1 saturated heterocycles. The fourth-order valence-corrected chi connectivity index (χ4v) is 2.90. The zero-order valence-electron chi connectivity index (χ0n) is 15.3. The van der Waals surface area contributed by atoms with Crippen LogP contribution in [0.5, 0.6) is 17.4 Å². The van der Waals surface area contributed by atoms with Crippen molar-refractivity contribution in [1.29, 1.82) is 0 Å². The van der Waals surface area contributed by atoms with Gasteiger partial charge in [-0.3, -0.25) is 0 Å². The average molecular weight is 358 g/mol. The molecule has 1 fully saturated rings. The summed E-state index contributed by atoms with van der Waals surface area (Å²) in [6, 6.07) is 7.39. The highest BCUT2D eigenvalue weighted by Crippen LogP contribution is 2.34. The smallest absolute Gasteiger partial charge is 0.454 e. The predicted molar refractivity (Wildman–Crippen MR) is 97.8 cm³/mol. The third-order valence-corrected chi connectivity index (χ3v) is 4.13. The lowest BCUT2D eigenvalue weighted by molar-refractivity contribution is 0.290. The number of hydrogen-bond acceptors (Lipinski definition) is 7. The molecule has 0 aliphatic carbocycles. The van der Waals surface area contributed by atoms with Crippen LogP contribution < -0.4 is 14.2 Å². The molecule has 0 bridgehead atoms. The van der Waals surface area contributed by atoms with Gasteiger partial charge in [-0.25, -0.2) is 4.98 Å². The normalized spacial score (nSPS) is 16.6. The second kappa shape index (κ2) is 8.38. The van der Waals surface area contributed by atoms with Crippen molar-refractivity contribution in [2.24, 2.45) is 0 Å². The van der Waals surface area contributed by atoms with Crippen molar-refractivity contribution in [3.8, 4) is 28.8 Å². The van der Waals surface area contributed by atoms with E-state index in [1.54, 1.807) is 7.11 Å². The Labute approximate surface area is 153 Å². The van der Waals surface area contributed by atoms with Crippen LogP contribution >= 0.6 is 0 Å². The summed E-state index contributed by atoms with van der Waals surface area (Å²) in [5.74, 6) is 2.34. The van der Waals surface area contributed by atoms with Crippen LogP contribution in [0.2, 0.25) is 6.32 Å². The fraction of sp³-hybridized carbons (Fsp3) is 0.444. The second-order valence-electron chi connectivity index (χ2n) is 5.91. The highest BCUT2D eigenvalue weighted by Gasteiger charge is 2.31. The largest absolute Gasteiger partial charge is 0.493 e. The van der Waals surface area contributed by atoms with Crippen LogP contribution in [0.3, 0.4) is 0 Å². The van der Waals surface area contributed by atoms with Crippen molar-refractivity contribution in [2.45, 2.75) is 26.1 Å². The lowest BCUT2D eigenvalue weighted by atomic mass is 9.81. The summed E-state index contributed by atoms with van der Waals surface area (Å²) in [5.41, 5.74) is 1.60. The first kappa shape index (κ1) is 18.5. The van der Waals surface area contributed by atoms with Gasteiger partial charge in [-0.05, 0) is 38.4 Å². The Bertz CT molecular complexity index is 758. The van der Waals surface area contributed by atoms with Gasteiger partial charge in [-0.15, -0.1) is 0 Å². The number of methoxy groups -OCH3 is 1. The van der Waals surface area contributed by atoms with E-state index >= 15 is 0 Å². The third-order valence-electron chi connectivity index (χ3n) is 4.13. The number of benzene rings is 1. The van der Waals surface area contributed by atoms with Crippen LogP contribution in [0.15, 0.2) is 24.3 Å². The van der Waals surface area contributed by atoms with E-state index in [2.05, 4.69) is 9.97 Å². The van der Waals surface area contributed by atoms with Gasteiger partial charge in [-0.2, -0.15) is 4.98 Å². The molecule has 3 rings (SSSR count). The molecule has 1 aliphatic rings. The zero-order chi connectivity index (χ0) is 18.5. The summed E-state index contributed by atoms with van der Waals surface area (Å²) in [6.07, 6.45) is 0.509. The maximum atomic E-state index is 9.65. The van der Waals surface area contributed by atoms with Gasteiger partial charge in [0, 0.05) is 24.2 Å². The highest BCUT2D eigenvalue weighted by atomic mass is 16.5. The fourth-order valence-electron chi connectivity index (χ4n) is 2.90. The number of nitrogens with zero attached hydrogens (tertiary/aromatic N) is 2. The third kappa shape index (κ3) is 4.08. The van der Waals surface area contributed by atoms with Crippen LogP contribution in [-0.2, 0) is 4.65 Å². The maximum absolute atomic E-state index is 9.65. The monoisotopic (exact) mass is 358 g/mol. The van der Waals surface area contributed by atoms with Gasteiger partial charge in [0.1, 0.15) is 0 Å². The molecule has 2 aromatic rings. The number of rotatable bonds is 7. The Hall–Kier alpha value is -2.32. The Kier molecular flexibility index (Phi) is 5.95. The molecule has 8 heteroatoms. The second-order valence-corrected chi connectivity index (χ2v) is 5.91. The first-order valence-corrected chi connectivity index (χ1v) is 8.77. The molecule has 138 valence electrons. The van der Waals surface area contributed by atoms with Crippen molar-refractivity contribution in [3.63, 3.8) is 0 Å². The van der Waals surface area contributed by atoms with E-state index in [1.807, 2.05) is 38.1 Å². The summed E-state index contributed by atoms with van der Waals surface area (Å²) >= 11 is 0. The number of hydrogen-bond donors (Lipinski definition) is 1. The standard InChI is InChI=1S/C18H23BN2O5/c1-4-24-16-8-12(6-7-15(16)23-3)18-20-14(9-17(21-18)25-5-2)13-10-19(22)26-11-13/h6-9,13,22H,4-5,10-11H2,1-3H3/t13-/m0/s1. The molecule has 0 unspecified atom stereocenters. The van der Waals surface area contributed by atoms with E-state index in [0.717, 1.165) is 11.3 Å². The molecule has 0 radical (unpaired) electrons. The number of aromatic nitrogens is 2. The van der Waals surface area contributed by atoms with Gasteiger partial charge in [-0.1, -0.05) is 0 Å². The summed E-state index contributed by atoms with van der Waals surface area (Å²) in [7, 11) is 0.854. The first-order valence-electron chi connectivity index (χ1n) is 8.77. The summed E-state index contributed by atoms with van der Waals surface area (Å²) in [6.45, 7) is 5.29. The summed E-state index contributed by atoms with van der Waals surface area (Å²) in [5, 5.41) is 9.65. The quantitative estimate of drug-likeness (QED) is 0.762. The lowest BCUT2D eigenvalue weighted by Gasteiger charge is -2.14. The SMILES string of the molecule is CCOc1cc([C@@H]2COB(O)C2)nc(-c2ccc(OC)c(OCC)c2)n1. The van der Waals surface area contributed by atoms with E-state index in [0.29, 0.717) is 49.3 Å². The Morgan fingerprint density at radius 2 is 1.96 bits per heavy atom. The molecule has 1 atom stereocenters. The minimum atomic E-state index is -0.750. The van der Waals surface area contributed by atoms with E-state index in [9.17, 15) is 5.02 Å². The minimum absolute atomic E-state index is 0.00978. The van der Waals surface area contributed by atoms with Crippen molar-refractivity contribution in [2.75, 3.05) is 26.9 Å². The highest BCUT2D eigenvalue weighted by molar-refractivity contribution is 6.43. The van der Waals surface area contributed by atoms with Crippen LogP contribution in [0.4, 0.5) is 0 Å². The van der Waals surface area contributed by atoms with Gasteiger partial charge in [0.15, 0.2) is 17.3 Å². The van der Waals surface area contributed by atoms with E-state index in [4.69, 9.17) is 18.9 Å². The van der Waals surface area contributed by atoms with Gasteiger partial charge < -0.3 is 23.9 Å². The molecule has 2 heterocycles. The van der Waals surface area contributed by atoms with Crippen molar-refractivity contribution < 1.29 is 23.9 Å². The first-order chi connectivity index (χ1) is 12.6. The number of ether oxygens (including phenoxy) is 3. The molecule has 26 heavy (non-hydrogen) atoms.